The summed E-state index contributed by atoms with van der Waals surface area (Å²) >= 11 is 0. The molecule has 0 radical (unpaired) electrons. The molecule has 1 heterocycles. The number of carbonyl (C=O) groups excluding carboxylic acids is 1. The Balaban J connectivity index is 1.85. The number of nitrogens with zero attached hydrogens (tertiary/aromatic N) is 1. The van der Waals surface area contributed by atoms with Crippen molar-refractivity contribution in [3.05, 3.63) is 65.2 Å². The first kappa shape index (κ1) is 20.4. The molecule has 0 saturated carbocycles. The molecule has 150 valence electrons. The summed E-state index contributed by atoms with van der Waals surface area (Å²) in [7, 11) is -3.29. The van der Waals surface area contributed by atoms with E-state index in [0.29, 0.717) is 30.1 Å². The first-order chi connectivity index (χ1) is 13.3. The number of amides is 1. The largest absolute Gasteiger partial charge is 0.345 e. The second kappa shape index (κ2) is 8.35. The van der Waals surface area contributed by atoms with Crippen molar-refractivity contribution < 1.29 is 13.2 Å². The number of sulfonamides is 1. The molecular weight excluding hydrogens is 372 g/mol. The van der Waals surface area contributed by atoms with Crippen LogP contribution in [0.15, 0.2) is 48.5 Å². The molecule has 0 aromatic heterocycles. The lowest BCUT2D eigenvalue weighted by atomic mass is 9.88. The topological polar surface area (TPSA) is 66.5 Å². The lowest BCUT2D eigenvalue weighted by Gasteiger charge is -2.27. The van der Waals surface area contributed by atoms with Crippen molar-refractivity contribution in [3.63, 3.8) is 0 Å². The average molecular weight is 401 g/mol. The third-order valence-electron chi connectivity index (χ3n) is 5.56. The maximum atomic E-state index is 13.0. The van der Waals surface area contributed by atoms with Gasteiger partial charge < -0.3 is 5.32 Å². The molecule has 0 bridgehead atoms. The van der Waals surface area contributed by atoms with E-state index in [1.54, 1.807) is 12.1 Å². The second-order valence-corrected chi connectivity index (χ2v) is 9.27. The van der Waals surface area contributed by atoms with Gasteiger partial charge in [-0.25, -0.2) is 8.42 Å². The third-order valence-corrected chi connectivity index (χ3v) is 6.74. The first-order valence-corrected chi connectivity index (χ1v) is 11.7. The molecular formula is C22H28N2O3S. The van der Waals surface area contributed by atoms with E-state index in [-0.39, 0.29) is 11.9 Å². The van der Waals surface area contributed by atoms with Gasteiger partial charge >= 0.3 is 0 Å². The Morgan fingerprint density at radius 2 is 1.79 bits per heavy atom. The van der Waals surface area contributed by atoms with Crippen LogP contribution in [0.5, 0.6) is 0 Å². The lowest BCUT2D eigenvalue weighted by molar-refractivity contribution is 0.0919. The van der Waals surface area contributed by atoms with Gasteiger partial charge in [0.2, 0.25) is 10.0 Å². The summed E-state index contributed by atoms with van der Waals surface area (Å²) in [5, 5.41) is 3.21. The maximum absolute atomic E-state index is 13.0. The number of carbonyl (C=O) groups is 1. The zero-order valence-corrected chi connectivity index (χ0v) is 17.5. The van der Waals surface area contributed by atoms with Crippen molar-refractivity contribution in [3.8, 4) is 0 Å². The molecule has 1 N–H and O–H groups in total. The fourth-order valence-electron chi connectivity index (χ4n) is 3.98. The molecule has 2 aromatic carbocycles. The van der Waals surface area contributed by atoms with Crippen molar-refractivity contribution in [1.82, 2.24) is 5.32 Å². The highest BCUT2D eigenvalue weighted by atomic mass is 32.2. The van der Waals surface area contributed by atoms with Crippen molar-refractivity contribution >= 4 is 21.6 Å². The molecule has 0 aliphatic carbocycles. The van der Waals surface area contributed by atoms with Gasteiger partial charge in [-0.1, -0.05) is 57.0 Å². The van der Waals surface area contributed by atoms with Gasteiger partial charge in [0.25, 0.3) is 5.91 Å². The fourth-order valence-corrected chi connectivity index (χ4v) is 4.93. The minimum absolute atomic E-state index is 0.0514. The number of anilines is 1. The Morgan fingerprint density at radius 1 is 1.11 bits per heavy atom. The zero-order chi connectivity index (χ0) is 20.3. The smallest absolute Gasteiger partial charge is 0.251 e. The normalized spacial score (nSPS) is 14.8. The Morgan fingerprint density at radius 3 is 2.39 bits per heavy atom. The number of hydrogen-bond acceptors (Lipinski definition) is 3. The van der Waals surface area contributed by atoms with Crippen LogP contribution in [0.2, 0.25) is 0 Å². The molecule has 0 fully saturated rings. The van der Waals surface area contributed by atoms with Crippen LogP contribution in [0, 0.1) is 5.92 Å². The molecule has 1 amide bonds. The van der Waals surface area contributed by atoms with Crippen molar-refractivity contribution in [2.75, 3.05) is 17.1 Å². The zero-order valence-electron chi connectivity index (χ0n) is 16.7. The molecule has 1 aliphatic heterocycles. The van der Waals surface area contributed by atoms with Crippen molar-refractivity contribution in [1.29, 1.82) is 0 Å². The fraction of sp³-hybridized carbons (Fsp3) is 0.409. The molecule has 28 heavy (non-hydrogen) atoms. The Bertz CT molecular complexity index is 938. The monoisotopic (exact) mass is 400 g/mol. The Hall–Kier alpha value is -2.34. The van der Waals surface area contributed by atoms with Gasteiger partial charge in [0.1, 0.15) is 0 Å². The first-order valence-electron chi connectivity index (χ1n) is 9.81. The van der Waals surface area contributed by atoms with E-state index in [0.717, 1.165) is 24.0 Å². The molecule has 1 unspecified atom stereocenters. The molecule has 6 heteroatoms. The molecule has 5 nitrogen and oxygen atoms in total. The molecule has 0 spiro atoms. The van der Waals surface area contributed by atoms with Gasteiger partial charge in [0.15, 0.2) is 0 Å². The highest BCUT2D eigenvalue weighted by Gasteiger charge is 2.28. The van der Waals surface area contributed by atoms with E-state index in [2.05, 4.69) is 31.3 Å². The molecule has 1 atom stereocenters. The maximum Gasteiger partial charge on any atom is 0.251 e. The molecule has 0 saturated heterocycles. The van der Waals surface area contributed by atoms with E-state index in [4.69, 9.17) is 0 Å². The molecule has 3 rings (SSSR count). The quantitative estimate of drug-likeness (QED) is 0.766. The predicted octanol–water partition coefficient (Wildman–Crippen LogP) is 3.92. The predicted molar refractivity (Wildman–Crippen MR) is 113 cm³/mol. The summed E-state index contributed by atoms with van der Waals surface area (Å²) in [5.41, 5.74) is 3.26. The van der Waals surface area contributed by atoms with Crippen LogP contribution in [0.4, 0.5) is 5.69 Å². The summed E-state index contributed by atoms with van der Waals surface area (Å²) < 4.78 is 25.2. The Labute approximate surface area is 167 Å². The minimum Gasteiger partial charge on any atom is -0.345 e. The van der Waals surface area contributed by atoms with Crippen LogP contribution in [-0.2, 0) is 16.4 Å². The SMILES string of the molecule is CCC(CC)C(NC(=O)c1ccc2c(c1)CCN2S(C)(=O)=O)c1ccccc1. The summed E-state index contributed by atoms with van der Waals surface area (Å²) in [6.45, 7) is 4.72. The van der Waals surface area contributed by atoms with Gasteiger partial charge in [-0.3, -0.25) is 9.10 Å². The van der Waals surface area contributed by atoms with Crippen molar-refractivity contribution in [2.24, 2.45) is 5.92 Å². The summed E-state index contributed by atoms with van der Waals surface area (Å²) in [4.78, 5) is 13.0. The van der Waals surface area contributed by atoms with Gasteiger partial charge in [0.05, 0.1) is 18.0 Å². The summed E-state index contributed by atoms with van der Waals surface area (Å²) in [6.07, 6.45) is 3.79. The van der Waals surface area contributed by atoms with Crippen LogP contribution in [0.3, 0.4) is 0 Å². The Kier molecular flexibility index (Phi) is 6.08. The number of nitrogens with one attached hydrogen (secondary N) is 1. The van der Waals surface area contributed by atoms with Crippen LogP contribution < -0.4 is 9.62 Å². The number of benzene rings is 2. The van der Waals surface area contributed by atoms with E-state index in [1.165, 1.54) is 10.6 Å². The average Bonchev–Trinajstić information content (AvgIpc) is 3.12. The molecule has 1 aliphatic rings. The van der Waals surface area contributed by atoms with E-state index in [9.17, 15) is 13.2 Å². The standard InChI is InChI=1S/C22H28N2O3S/c1-4-16(5-2)21(17-9-7-6-8-10-17)23-22(25)19-11-12-20-18(15-19)13-14-24(20)28(3,26)27/h6-12,15-16,21H,4-5,13-14H2,1-3H3,(H,23,25). The number of fused-ring (bicyclic) bond motifs is 1. The van der Waals surface area contributed by atoms with Gasteiger partial charge in [0, 0.05) is 12.1 Å². The van der Waals surface area contributed by atoms with Crippen LogP contribution >= 0.6 is 0 Å². The molecule has 2 aromatic rings. The summed E-state index contributed by atoms with van der Waals surface area (Å²) in [6, 6.07) is 15.3. The minimum atomic E-state index is -3.29. The lowest BCUT2D eigenvalue weighted by Crippen LogP contribution is -2.33. The van der Waals surface area contributed by atoms with Gasteiger partial charge in [-0.05, 0) is 41.7 Å². The van der Waals surface area contributed by atoms with Crippen molar-refractivity contribution in [2.45, 2.75) is 39.2 Å². The summed E-state index contributed by atoms with van der Waals surface area (Å²) in [5.74, 6) is 0.225. The van der Waals surface area contributed by atoms with E-state index in [1.807, 2.05) is 24.3 Å². The number of hydrogen-bond donors (Lipinski definition) is 1. The van der Waals surface area contributed by atoms with Crippen LogP contribution in [0.25, 0.3) is 0 Å². The van der Waals surface area contributed by atoms with Crippen LogP contribution in [-0.4, -0.2) is 27.1 Å². The third kappa shape index (κ3) is 4.22. The van der Waals surface area contributed by atoms with Gasteiger partial charge in [-0.2, -0.15) is 0 Å². The van der Waals surface area contributed by atoms with Gasteiger partial charge in [-0.15, -0.1) is 0 Å². The van der Waals surface area contributed by atoms with E-state index < -0.39 is 10.0 Å². The highest BCUT2D eigenvalue weighted by Crippen LogP contribution is 2.32. The van der Waals surface area contributed by atoms with Crippen LogP contribution in [0.1, 0.15) is 54.2 Å². The number of rotatable bonds is 7. The van der Waals surface area contributed by atoms with E-state index >= 15 is 0 Å². The second-order valence-electron chi connectivity index (χ2n) is 7.37. The highest BCUT2D eigenvalue weighted by molar-refractivity contribution is 7.92.